The molecule has 7 unspecified atom stereocenters. The number of hydrogen-bond donors (Lipinski definition) is 3. The van der Waals surface area contributed by atoms with Crippen LogP contribution in [0.5, 0.6) is 0 Å². The molecule has 2 aliphatic heterocycles. The average molecular weight is 387 g/mol. The Labute approximate surface area is 166 Å². The lowest BCUT2D eigenvalue weighted by Gasteiger charge is -2.51. The molecule has 27 heavy (non-hydrogen) atoms. The van der Waals surface area contributed by atoms with Crippen LogP contribution in [0.3, 0.4) is 0 Å². The number of nitrogens with one attached hydrogen (secondary N) is 1. The van der Waals surface area contributed by atoms with Crippen LogP contribution in [0.4, 0.5) is 0 Å². The Morgan fingerprint density at radius 3 is 2.74 bits per heavy atom. The Bertz CT molecular complexity index is 716. The van der Waals surface area contributed by atoms with Crippen molar-refractivity contribution in [2.45, 2.75) is 55.9 Å². The highest BCUT2D eigenvalue weighted by Gasteiger charge is 2.53. The normalized spacial score (nSPS) is 38.8. The van der Waals surface area contributed by atoms with Gasteiger partial charge in [0.1, 0.15) is 0 Å². The van der Waals surface area contributed by atoms with E-state index in [1.165, 1.54) is 11.1 Å². The molecular weight excluding hydrogens is 356 g/mol. The van der Waals surface area contributed by atoms with Gasteiger partial charge in [-0.15, -0.1) is 11.8 Å². The van der Waals surface area contributed by atoms with Gasteiger partial charge in [0.15, 0.2) is 0 Å². The molecule has 1 aliphatic carbocycles. The molecule has 0 bridgehead atoms. The van der Waals surface area contributed by atoms with Crippen molar-refractivity contribution in [1.82, 2.24) is 5.32 Å². The number of aliphatic hydroxyl groups excluding tert-OH is 1. The van der Waals surface area contributed by atoms with Gasteiger partial charge in [-0.3, -0.25) is 4.79 Å². The number of allylic oxidation sites excluding steroid dienone is 1. The molecule has 146 valence electrons. The number of nitrogens with two attached hydrogens (primary N) is 1. The summed E-state index contributed by atoms with van der Waals surface area (Å²) < 4.78 is 0. The number of fused-ring (bicyclic) bond motifs is 3. The second-order valence-electron chi connectivity index (χ2n) is 8.39. The second-order valence-corrected chi connectivity index (χ2v) is 9.44. The Hall–Kier alpha value is -1.30. The Kier molecular flexibility index (Phi) is 5.36. The molecule has 4 nitrogen and oxygen atoms in total. The minimum atomic E-state index is -0.377. The smallest absolute Gasteiger partial charge is 0.234 e. The lowest BCUT2D eigenvalue weighted by atomic mass is 9.60. The van der Waals surface area contributed by atoms with Gasteiger partial charge in [-0.05, 0) is 53.7 Å². The van der Waals surface area contributed by atoms with Crippen LogP contribution in [0.2, 0.25) is 0 Å². The number of thioether (sulfide) groups is 1. The van der Waals surface area contributed by atoms with E-state index in [9.17, 15) is 9.90 Å². The third kappa shape index (κ3) is 3.24. The summed E-state index contributed by atoms with van der Waals surface area (Å²) in [6.07, 6.45) is 3.57. The van der Waals surface area contributed by atoms with Crippen LogP contribution >= 0.6 is 11.8 Å². The van der Waals surface area contributed by atoms with Gasteiger partial charge < -0.3 is 16.2 Å². The molecule has 0 radical (unpaired) electrons. The van der Waals surface area contributed by atoms with Gasteiger partial charge in [-0.25, -0.2) is 0 Å². The molecule has 5 heteroatoms. The highest BCUT2D eigenvalue weighted by molar-refractivity contribution is 8.03. The van der Waals surface area contributed by atoms with Crippen LogP contribution in [0, 0.1) is 17.8 Å². The van der Waals surface area contributed by atoms with E-state index >= 15 is 0 Å². The lowest BCUT2D eigenvalue weighted by Crippen LogP contribution is -2.62. The number of aliphatic hydroxyl groups is 1. The SMILES string of the molecule is CC[C@@H](CN)c1ccc(C2C(O)CC(C)C3NC(=O)C4SC=CC4C32)cc1. The van der Waals surface area contributed by atoms with Gasteiger partial charge in [0.2, 0.25) is 5.91 Å². The van der Waals surface area contributed by atoms with E-state index in [0.29, 0.717) is 12.5 Å². The number of carbonyl (C=O) groups is 1. The van der Waals surface area contributed by atoms with Crippen LogP contribution in [-0.2, 0) is 4.79 Å². The summed E-state index contributed by atoms with van der Waals surface area (Å²) >= 11 is 1.61. The summed E-state index contributed by atoms with van der Waals surface area (Å²) in [4.78, 5) is 12.5. The van der Waals surface area contributed by atoms with Crippen LogP contribution < -0.4 is 11.1 Å². The maximum atomic E-state index is 12.5. The van der Waals surface area contributed by atoms with Crippen molar-refractivity contribution in [3.8, 4) is 0 Å². The van der Waals surface area contributed by atoms with Gasteiger partial charge in [0.05, 0.1) is 11.4 Å². The van der Waals surface area contributed by atoms with Gasteiger partial charge in [0, 0.05) is 17.9 Å². The third-order valence-corrected chi connectivity index (χ3v) is 8.06. The predicted octanol–water partition coefficient (Wildman–Crippen LogP) is 2.98. The van der Waals surface area contributed by atoms with E-state index in [2.05, 4.69) is 54.9 Å². The third-order valence-electron chi connectivity index (χ3n) is 6.93. The minimum absolute atomic E-state index is 0.0489. The molecule has 2 heterocycles. The fourth-order valence-electron chi connectivity index (χ4n) is 5.45. The van der Waals surface area contributed by atoms with Crippen LogP contribution in [0.1, 0.15) is 49.7 Å². The zero-order chi connectivity index (χ0) is 19.1. The molecule has 1 saturated heterocycles. The zero-order valence-electron chi connectivity index (χ0n) is 16.0. The van der Waals surface area contributed by atoms with E-state index in [1.807, 2.05) is 0 Å². The standard InChI is InChI=1S/C22H30N2O2S/c1-3-13(11-23)14-4-6-15(7-5-14)18-17(25)10-12(2)20-19(18)16-8-9-27-21(16)22(26)24-20/h4-9,12-13,16-21,25H,3,10-11,23H2,1-2H3,(H,24,26)/t12?,13-,16?,17?,18?,19?,20?,21?/m0/s1. The fourth-order valence-corrected chi connectivity index (χ4v) is 6.54. The Balaban J connectivity index is 1.68. The number of piperidine rings is 1. The number of benzene rings is 1. The molecule has 4 N–H and O–H groups in total. The second kappa shape index (κ2) is 7.61. The quantitative estimate of drug-likeness (QED) is 0.744. The topological polar surface area (TPSA) is 75.3 Å². The Morgan fingerprint density at radius 1 is 1.33 bits per heavy atom. The molecule has 8 atom stereocenters. The minimum Gasteiger partial charge on any atom is -0.392 e. The molecule has 0 spiro atoms. The van der Waals surface area contributed by atoms with Crippen molar-refractivity contribution in [1.29, 1.82) is 0 Å². The molecule has 4 rings (SSSR count). The molecule has 2 fully saturated rings. The van der Waals surface area contributed by atoms with Crippen molar-refractivity contribution < 1.29 is 9.90 Å². The van der Waals surface area contributed by atoms with Gasteiger partial charge >= 0.3 is 0 Å². The van der Waals surface area contributed by atoms with Crippen LogP contribution in [0.15, 0.2) is 35.7 Å². The van der Waals surface area contributed by atoms with Gasteiger partial charge in [0.25, 0.3) is 0 Å². The lowest BCUT2D eigenvalue weighted by molar-refractivity contribution is -0.128. The molecule has 1 aromatic rings. The fraction of sp³-hybridized carbons (Fsp3) is 0.591. The molecule has 1 aromatic carbocycles. The van der Waals surface area contributed by atoms with Crippen LogP contribution in [-0.4, -0.2) is 35.0 Å². The molecule has 1 amide bonds. The summed E-state index contributed by atoms with van der Waals surface area (Å²) in [6, 6.07) is 8.82. The average Bonchev–Trinajstić information content (AvgIpc) is 3.15. The maximum absolute atomic E-state index is 12.5. The van der Waals surface area contributed by atoms with Gasteiger partial charge in [-0.1, -0.05) is 44.2 Å². The highest BCUT2D eigenvalue weighted by Crippen LogP contribution is 2.51. The van der Waals surface area contributed by atoms with Crippen molar-refractivity contribution in [3.63, 3.8) is 0 Å². The summed E-state index contributed by atoms with van der Waals surface area (Å²) in [6.45, 7) is 4.97. The zero-order valence-corrected chi connectivity index (χ0v) is 16.9. The van der Waals surface area contributed by atoms with E-state index < -0.39 is 0 Å². The molecule has 1 saturated carbocycles. The first-order valence-corrected chi connectivity index (χ1v) is 11.1. The maximum Gasteiger partial charge on any atom is 0.234 e. The monoisotopic (exact) mass is 386 g/mol. The van der Waals surface area contributed by atoms with Crippen molar-refractivity contribution in [3.05, 3.63) is 46.9 Å². The summed E-state index contributed by atoms with van der Waals surface area (Å²) in [5, 5.41) is 16.3. The first-order valence-electron chi connectivity index (χ1n) is 10.2. The number of rotatable bonds is 4. The summed E-state index contributed by atoms with van der Waals surface area (Å²) in [7, 11) is 0. The van der Waals surface area contributed by atoms with Gasteiger partial charge in [-0.2, -0.15) is 0 Å². The van der Waals surface area contributed by atoms with Crippen LogP contribution in [0.25, 0.3) is 0 Å². The summed E-state index contributed by atoms with van der Waals surface area (Å²) in [5.41, 5.74) is 8.35. The highest BCUT2D eigenvalue weighted by atomic mass is 32.2. The first-order chi connectivity index (χ1) is 13.0. The number of carbonyl (C=O) groups excluding carboxylic acids is 1. The van der Waals surface area contributed by atoms with E-state index in [1.54, 1.807) is 11.8 Å². The van der Waals surface area contributed by atoms with E-state index in [-0.39, 0.29) is 47.0 Å². The predicted molar refractivity (Wildman–Crippen MR) is 110 cm³/mol. The first kappa shape index (κ1) is 19.0. The van der Waals surface area contributed by atoms with Crippen molar-refractivity contribution in [2.75, 3.05) is 6.54 Å². The van der Waals surface area contributed by atoms with Crippen molar-refractivity contribution in [2.24, 2.45) is 23.5 Å². The number of hydrogen-bond acceptors (Lipinski definition) is 4. The Morgan fingerprint density at radius 2 is 2.07 bits per heavy atom. The van der Waals surface area contributed by atoms with Crippen molar-refractivity contribution >= 4 is 17.7 Å². The van der Waals surface area contributed by atoms with E-state index in [0.717, 1.165) is 12.8 Å². The molecule has 0 aromatic heterocycles. The largest absolute Gasteiger partial charge is 0.392 e. The molecular formula is C22H30N2O2S. The number of amides is 1. The molecule has 3 aliphatic rings. The van der Waals surface area contributed by atoms with E-state index in [4.69, 9.17) is 5.73 Å². The summed E-state index contributed by atoms with van der Waals surface area (Å²) in [5.74, 6) is 1.31.